The molecule has 18 heavy (non-hydrogen) atoms. The first-order valence-corrected chi connectivity index (χ1v) is 8.03. The van der Waals surface area contributed by atoms with Crippen molar-refractivity contribution in [2.24, 2.45) is 0 Å². The molecular weight excluding hydrogens is 282 g/mol. The first kappa shape index (κ1) is 14.7. The zero-order valence-corrected chi connectivity index (χ0v) is 11.2. The number of ether oxygens (including phenoxy) is 1. The smallest absolute Gasteiger partial charge is 0.265 e. The molecule has 0 saturated heterocycles. The van der Waals surface area contributed by atoms with E-state index >= 15 is 0 Å². The molecule has 0 amide bonds. The van der Waals surface area contributed by atoms with Gasteiger partial charge in [-0.05, 0) is 18.2 Å². The summed E-state index contributed by atoms with van der Waals surface area (Å²) in [7, 11) is -6.96. The second-order valence-corrected chi connectivity index (χ2v) is 7.16. The minimum Gasteiger partial charge on any atom is -0.495 e. The summed E-state index contributed by atoms with van der Waals surface area (Å²) in [5.41, 5.74) is 5.68. The fourth-order valence-electron chi connectivity index (χ4n) is 1.26. The quantitative estimate of drug-likeness (QED) is 0.576. The number of hydrogen-bond donors (Lipinski definition) is 2. The van der Waals surface area contributed by atoms with Crippen molar-refractivity contribution in [3.05, 3.63) is 18.2 Å². The Balaban J connectivity index is 3.16. The van der Waals surface area contributed by atoms with Gasteiger partial charge >= 0.3 is 0 Å². The van der Waals surface area contributed by atoms with Crippen molar-refractivity contribution < 1.29 is 26.1 Å². The van der Waals surface area contributed by atoms with E-state index in [0.717, 1.165) is 0 Å². The summed E-state index contributed by atoms with van der Waals surface area (Å²) in [4.78, 5) is -0.200. The molecule has 0 aromatic heterocycles. The van der Waals surface area contributed by atoms with Crippen LogP contribution in [-0.4, -0.2) is 40.0 Å². The highest BCUT2D eigenvalue weighted by molar-refractivity contribution is 7.93. The Labute approximate surface area is 105 Å². The van der Waals surface area contributed by atoms with Crippen molar-refractivity contribution >= 4 is 25.6 Å². The van der Waals surface area contributed by atoms with Gasteiger partial charge in [0, 0.05) is 5.69 Å². The third-order valence-corrected chi connectivity index (χ3v) is 4.84. The fourth-order valence-corrected chi connectivity index (χ4v) is 3.97. The van der Waals surface area contributed by atoms with E-state index in [0.29, 0.717) is 0 Å². The number of anilines is 1. The number of hydrogen-bond acceptors (Lipinski definition) is 6. The lowest BCUT2D eigenvalue weighted by Crippen LogP contribution is -2.17. The highest BCUT2D eigenvalue weighted by Gasteiger charge is 2.22. The maximum absolute atomic E-state index is 11.9. The van der Waals surface area contributed by atoms with Gasteiger partial charge in [0.05, 0.1) is 18.6 Å². The standard InChI is InChI=1S/C9H13NO6S2/c1-16-8-3-2-7(10)6-9(8)17(11,12)4-5-18(13,14)15/h2-3,6H,4-5,10H2,1H3,(H,13,14,15). The van der Waals surface area contributed by atoms with Crippen LogP contribution in [0.4, 0.5) is 5.69 Å². The van der Waals surface area contributed by atoms with Gasteiger partial charge in [0.2, 0.25) is 0 Å². The highest BCUT2D eigenvalue weighted by atomic mass is 32.2. The summed E-state index contributed by atoms with van der Waals surface area (Å²) in [5.74, 6) is -1.56. The monoisotopic (exact) mass is 295 g/mol. The lowest BCUT2D eigenvalue weighted by Gasteiger charge is -2.09. The second-order valence-electron chi connectivity index (χ2n) is 3.52. The van der Waals surface area contributed by atoms with Crippen molar-refractivity contribution in [2.75, 3.05) is 24.3 Å². The molecule has 0 fully saturated rings. The van der Waals surface area contributed by atoms with Crippen molar-refractivity contribution in [1.82, 2.24) is 0 Å². The van der Waals surface area contributed by atoms with E-state index in [1.807, 2.05) is 0 Å². The molecule has 0 spiro atoms. The van der Waals surface area contributed by atoms with Crippen LogP contribution in [0.5, 0.6) is 5.75 Å². The van der Waals surface area contributed by atoms with Crippen LogP contribution in [0.3, 0.4) is 0 Å². The molecule has 1 rings (SSSR count). The van der Waals surface area contributed by atoms with E-state index in [-0.39, 0.29) is 16.3 Å². The summed E-state index contributed by atoms with van der Waals surface area (Å²) < 4.78 is 58.4. The molecule has 1 aromatic rings. The summed E-state index contributed by atoms with van der Waals surface area (Å²) in [5, 5.41) is 0. The maximum Gasteiger partial charge on any atom is 0.265 e. The van der Waals surface area contributed by atoms with Gasteiger partial charge in [-0.25, -0.2) is 8.42 Å². The zero-order chi connectivity index (χ0) is 14.0. The summed E-state index contributed by atoms with van der Waals surface area (Å²) in [6.07, 6.45) is 0. The van der Waals surface area contributed by atoms with E-state index < -0.39 is 31.5 Å². The van der Waals surface area contributed by atoms with Gasteiger partial charge in [-0.1, -0.05) is 0 Å². The van der Waals surface area contributed by atoms with Crippen LogP contribution < -0.4 is 10.5 Å². The molecule has 0 unspecified atom stereocenters. The normalized spacial score (nSPS) is 12.3. The largest absolute Gasteiger partial charge is 0.495 e. The van der Waals surface area contributed by atoms with Crippen LogP contribution in [0.15, 0.2) is 23.1 Å². The summed E-state index contributed by atoms with van der Waals surface area (Å²) in [6.45, 7) is 0. The van der Waals surface area contributed by atoms with Crippen molar-refractivity contribution in [3.63, 3.8) is 0 Å². The number of sulfone groups is 1. The van der Waals surface area contributed by atoms with Crippen molar-refractivity contribution in [3.8, 4) is 5.75 Å². The minimum absolute atomic E-state index is 0.0690. The molecule has 9 heteroatoms. The van der Waals surface area contributed by atoms with Gasteiger partial charge in [-0.3, -0.25) is 4.55 Å². The summed E-state index contributed by atoms with van der Waals surface area (Å²) in [6, 6.07) is 4.01. The molecule has 0 aliphatic carbocycles. The van der Waals surface area contributed by atoms with Gasteiger partial charge in [-0.15, -0.1) is 0 Å². The predicted molar refractivity (Wildman–Crippen MR) is 65.9 cm³/mol. The Morgan fingerprint density at radius 2 is 1.83 bits per heavy atom. The van der Waals surface area contributed by atoms with E-state index in [4.69, 9.17) is 15.0 Å². The molecule has 1 aromatic carbocycles. The SMILES string of the molecule is COc1ccc(N)cc1S(=O)(=O)CCS(=O)(=O)O. The Hall–Kier alpha value is -1.32. The highest BCUT2D eigenvalue weighted by Crippen LogP contribution is 2.26. The van der Waals surface area contributed by atoms with Gasteiger partial charge in [0.1, 0.15) is 10.6 Å². The Kier molecular flexibility index (Phi) is 4.20. The van der Waals surface area contributed by atoms with Crippen LogP contribution in [0.1, 0.15) is 0 Å². The van der Waals surface area contributed by atoms with Crippen LogP contribution in [0, 0.1) is 0 Å². The minimum atomic E-state index is -4.35. The number of nitrogen functional groups attached to an aromatic ring is 1. The number of benzene rings is 1. The number of rotatable bonds is 5. The van der Waals surface area contributed by atoms with Crippen molar-refractivity contribution in [2.45, 2.75) is 4.90 Å². The molecule has 0 aliphatic heterocycles. The molecule has 0 radical (unpaired) electrons. The number of methoxy groups -OCH3 is 1. The van der Waals surface area contributed by atoms with Gasteiger partial charge in [-0.2, -0.15) is 8.42 Å². The molecule has 0 bridgehead atoms. The third kappa shape index (κ3) is 3.86. The zero-order valence-electron chi connectivity index (χ0n) is 9.53. The average Bonchev–Trinajstić information content (AvgIpc) is 2.26. The molecule has 3 N–H and O–H groups in total. The van der Waals surface area contributed by atoms with E-state index in [2.05, 4.69) is 0 Å². The molecule has 0 aliphatic rings. The molecular formula is C9H13NO6S2. The molecule has 0 saturated carbocycles. The van der Waals surface area contributed by atoms with E-state index in [1.165, 1.54) is 25.3 Å². The third-order valence-electron chi connectivity index (χ3n) is 2.13. The molecule has 0 heterocycles. The topological polar surface area (TPSA) is 124 Å². The molecule has 0 atom stereocenters. The van der Waals surface area contributed by atoms with Crippen molar-refractivity contribution in [1.29, 1.82) is 0 Å². The van der Waals surface area contributed by atoms with Crippen LogP contribution in [-0.2, 0) is 20.0 Å². The molecule has 102 valence electrons. The van der Waals surface area contributed by atoms with Gasteiger partial charge in [0.15, 0.2) is 9.84 Å². The van der Waals surface area contributed by atoms with Crippen LogP contribution in [0.25, 0.3) is 0 Å². The Morgan fingerprint density at radius 3 is 2.33 bits per heavy atom. The van der Waals surface area contributed by atoms with E-state index in [1.54, 1.807) is 0 Å². The fraction of sp³-hybridized carbons (Fsp3) is 0.333. The Bertz CT molecular complexity index is 635. The van der Waals surface area contributed by atoms with Gasteiger partial charge in [0.25, 0.3) is 10.1 Å². The van der Waals surface area contributed by atoms with Gasteiger partial charge < -0.3 is 10.5 Å². The Morgan fingerprint density at radius 1 is 1.22 bits per heavy atom. The van der Waals surface area contributed by atoms with Crippen LogP contribution in [0.2, 0.25) is 0 Å². The maximum atomic E-state index is 11.9. The predicted octanol–water partition coefficient (Wildman–Crippen LogP) is -0.0611. The lowest BCUT2D eigenvalue weighted by atomic mass is 10.3. The average molecular weight is 295 g/mol. The molecule has 7 nitrogen and oxygen atoms in total. The summed E-state index contributed by atoms with van der Waals surface area (Å²) >= 11 is 0. The second kappa shape index (κ2) is 5.12. The lowest BCUT2D eigenvalue weighted by molar-refractivity contribution is 0.403. The van der Waals surface area contributed by atoms with Crippen LogP contribution >= 0.6 is 0 Å². The first-order valence-electron chi connectivity index (χ1n) is 4.77. The number of nitrogens with two attached hydrogens (primary N) is 1. The first-order chi connectivity index (χ1) is 8.15. The van der Waals surface area contributed by atoms with E-state index in [9.17, 15) is 16.8 Å².